The maximum absolute atomic E-state index is 6.06. The number of nitrogens with two attached hydrogens (primary N) is 1. The van der Waals surface area contributed by atoms with Gasteiger partial charge in [0.05, 0.1) is 5.56 Å². The predicted octanol–water partition coefficient (Wildman–Crippen LogP) is 3.39. The molecule has 0 spiro atoms. The fraction of sp³-hybridized carbons (Fsp3) is 0.467. The average molecular weight is 286 g/mol. The van der Waals surface area contributed by atoms with E-state index in [9.17, 15) is 0 Å². The number of anilines is 2. The van der Waals surface area contributed by atoms with E-state index in [1.165, 1.54) is 37.2 Å². The molecule has 3 atom stereocenters. The SMILES string of the molecule is Nc1nsc(NC2CC3CCC2C3)c1-c1ccncc1. The van der Waals surface area contributed by atoms with E-state index >= 15 is 0 Å². The molecular formula is C15H18N4S. The molecule has 2 aromatic rings. The third-order valence-corrected chi connectivity index (χ3v) is 5.53. The van der Waals surface area contributed by atoms with Gasteiger partial charge in [-0.1, -0.05) is 6.42 Å². The molecule has 2 saturated carbocycles. The maximum atomic E-state index is 6.06. The van der Waals surface area contributed by atoms with Crippen molar-refractivity contribution in [3.63, 3.8) is 0 Å². The zero-order valence-corrected chi connectivity index (χ0v) is 12.1. The van der Waals surface area contributed by atoms with Crippen LogP contribution in [0.2, 0.25) is 0 Å². The number of hydrogen-bond donors (Lipinski definition) is 2. The minimum absolute atomic E-state index is 0.606. The molecule has 4 rings (SSSR count). The Bertz CT molecular complexity index is 610. The highest BCUT2D eigenvalue weighted by Crippen LogP contribution is 2.47. The molecule has 2 bridgehead atoms. The normalized spacial score (nSPS) is 27.9. The summed E-state index contributed by atoms with van der Waals surface area (Å²) in [6, 6.07) is 4.59. The van der Waals surface area contributed by atoms with Crippen molar-refractivity contribution in [3.05, 3.63) is 24.5 Å². The molecule has 0 aromatic carbocycles. The molecule has 3 N–H and O–H groups in total. The van der Waals surface area contributed by atoms with Gasteiger partial charge in [0.15, 0.2) is 0 Å². The van der Waals surface area contributed by atoms with Crippen LogP contribution in [0.25, 0.3) is 11.1 Å². The van der Waals surface area contributed by atoms with Crippen LogP contribution in [0.15, 0.2) is 24.5 Å². The van der Waals surface area contributed by atoms with E-state index in [1.54, 1.807) is 12.4 Å². The Balaban J connectivity index is 1.63. The molecule has 0 saturated heterocycles. The second-order valence-corrected chi connectivity index (χ2v) is 6.71. The fourth-order valence-electron chi connectivity index (χ4n) is 3.79. The highest BCUT2D eigenvalue weighted by atomic mass is 32.1. The van der Waals surface area contributed by atoms with E-state index in [-0.39, 0.29) is 0 Å². The number of rotatable bonds is 3. The Kier molecular flexibility index (Phi) is 2.88. The minimum atomic E-state index is 0.606. The zero-order chi connectivity index (χ0) is 13.5. The van der Waals surface area contributed by atoms with Crippen molar-refractivity contribution in [2.24, 2.45) is 11.8 Å². The third kappa shape index (κ3) is 1.97. The zero-order valence-electron chi connectivity index (χ0n) is 11.2. The second kappa shape index (κ2) is 4.74. The van der Waals surface area contributed by atoms with Gasteiger partial charge in [-0.15, -0.1) is 0 Å². The van der Waals surface area contributed by atoms with Gasteiger partial charge in [-0.25, -0.2) is 0 Å². The Morgan fingerprint density at radius 2 is 2.05 bits per heavy atom. The summed E-state index contributed by atoms with van der Waals surface area (Å²) in [5.74, 6) is 2.40. The molecule has 3 unspecified atom stereocenters. The van der Waals surface area contributed by atoms with Crippen LogP contribution >= 0.6 is 11.5 Å². The van der Waals surface area contributed by atoms with Crippen LogP contribution in [0.1, 0.15) is 25.7 Å². The standard InChI is InChI=1S/C15H18N4S/c16-14-13(10-3-5-17-6-4-10)15(20-19-14)18-12-8-9-1-2-11(12)7-9/h3-6,9,11-12,18H,1-2,7-8H2,(H2,16,19). The summed E-state index contributed by atoms with van der Waals surface area (Å²) in [5.41, 5.74) is 8.20. The number of pyridine rings is 1. The van der Waals surface area contributed by atoms with Crippen molar-refractivity contribution < 1.29 is 0 Å². The Morgan fingerprint density at radius 1 is 1.20 bits per heavy atom. The first-order valence-electron chi connectivity index (χ1n) is 7.23. The highest BCUT2D eigenvalue weighted by Gasteiger charge is 2.39. The van der Waals surface area contributed by atoms with Gasteiger partial charge in [0.2, 0.25) is 0 Å². The smallest absolute Gasteiger partial charge is 0.147 e. The maximum Gasteiger partial charge on any atom is 0.147 e. The van der Waals surface area contributed by atoms with Crippen LogP contribution in [0, 0.1) is 11.8 Å². The number of hydrogen-bond acceptors (Lipinski definition) is 5. The second-order valence-electron chi connectivity index (χ2n) is 5.93. The number of nitrogen functional groups attached to an aromatic ring is 1. The van der Waals surface area contributed by atoms with Crippen molar-refractivity contribution in [1.29, 1.82) is 0 Å². The van der Waals surface area contributed by atoms with E-state index in [4.69, 9.17) is 5.73 Å². The van der Waals surface area contributed by atoms with E-state index in [0.717, 1.165) is 28.0 Å². The molecule has 0 radical (unpaired) electrons. The van der Waals surface area contributed by atoms with E-state index in [0.29, 0.717) is 11.9 Å². The summed E-state index contributed by atoms with van der Waals surface area (Å²) in [6.07, 6.45) is 9.10. The summed E-state index contributed by atoms with van der Waals surface area (Å²) in [7, 11) is 0. The lowest BCUT2D eigenvalue weighted by atomic mass is 9.95. The van der Waals surface area contributed by atoms with Gasteiger partial charge in [0.25, 0.3) is 0 Å². The van der Waals surface area contributed by atoms with Gasteiger partial charge in [0.1, 0.15) is 10.8 Å². The Hall–Kier alpha value is -1.62. The first kappa shape index (κ1) is 12.1. The third-order valence-electron chi connectivity index (χ3n) is 4.74. The Morgan fingerprint density at radius 3 is 2.75 bits per heavy atom. The summed E-state index contributed by atoms with van der Waals surface area (Å²) in [4.78, 5) is 4.07. The van der Waals surface area contributed by atoms with Crippen LogP contribution in [0.4, 0.5) is 10.8 Å². The van der Waals surface area contributed by atoms with Gasteiger partial charge >= 0.3 is 0 Å². The van der Waals surface area contributed by atoms with Gasteiger partial charge < -0.3 is 11.1 Å². The number of nitrogens with zero attached hydrogens (tertiary/aromatic N) is 2. The molecular weight excluding hydrogens is 268 g/mol. The quantitative estimate of drug-likeness (QED) is 0.908. The van der Waals surface area contributed by atoms with Crippen molar-refractivity contribution in [1.82, 2.24) is 9.36 Å². The summed E-state index contributed by atoms with van der Waals surface area (Å²) in [5, 5.41) is 4.83. The van der Waals surface area contributed by atoms with E-state index in [2.05, 4.69) is 14.7 Å². The van der Waals surface area contributed by atoms with Crippen molar-refractivity contribution in [3.8, 4) is 11.1 Å². The predicted molar refractivity (Wildman–Crippen MR) is 82.6 cm³/mol. The molecule has 20 heavy (non-hydrogen) atoms. The van der Waals surface area contributed by atoms with Gasteiger partial charge in [-0.2, -0.15) is 4.37 Å². The monoisotopic (exact) mass is 286 g/mol. The number of fused-ring (bicyclic) bond motifs is 2. The van der Waals surface area contributed by atoms with Crippen LogP contribution in [-0.4, -0.2) is 15.4 Å². The minimum Gasteiger partial charge on any atom is -0.382 e. The fourth-order valence-corrected chi connectivity index (χ4v) is 4.59. The summed E-state index contributed by atoms with van der Waals surface area (Å²) < 4.78 is 4.33. The van der Waals surface area contributed by atoms with Crippen LogP contribution < -0.4 is 11.1 Å². The molecule has 2 aromatic heterocycles. The molecule has 2 aliphatic rings. The first-order chi connectivity index (χ1) is 9.81. The molecule has 2 heterocycles. The molecule has 0 amide bonds. The summed E-state index contributed by atoms with van der Waals surface area (Å²) >= 11 is 1.48. The van der Waals surface area contributed by atoms with Crippen molar-refractivity contribution >= 4 is 22.4 Å². The van der Waals surface area contributed by atoms with Gasteiger partial charge in [0, 0.05) is 18.4 Å². The molecule has 4 nitrogen and oxygen atoms in total. The number of aromatic nitrogens is 2. The molecule has 0 aliphatic heterocycles. The highest BCUT2D eigenvalue weighted by molar-refractivity contribution is 7.11. The van der Waals surface area contributed by atoms with Crippen molar-refractivity contribution in [2.75, 3.05) is 11.1 Å². The summed E-state index contributed by atoms with van der Waals surface area (Å²) in [6.45, 7) is 0. The largest absolute Gasteiger partial charge is 0.382 e. The molecule has 2 fully saturated rings. The lowest BCUT2D eigenvalue weighted by Gasteiger charge is -2.23. The van der Waals surface area contributed by atoms with Crippen LogP contribution in [-0.2, 0) is 0 Å². The molecule has 5 heteroatoms. The molecule has 2 aliphatic carbocycles. The first-order valence-corrected chi connectivity index (χ1v) is 8.00. The van der Waals surface area contributed by atoms with Gasteiger partial charge in [-0.3, -0.25) is 4.98 Å². The molecule has 104 valence electrons. The van der Waals surface area contributed by atoms with Crippen LogP contribution in [0.3, 0.4) is 0 Å². The van der Waals surface area contributed by atoms with E-state index in [1.807, 2.05) is 12.1 Å². The lowest BCUT2D eigenvalue weighted by Crippen LogP contribution is -2.25. The van der Waals surface area contributed by atoms with Gasteiger partial charge in [-0.05, 0) is 60.3 Å². The van der Waals surface area contributed by atoms with Crippen LogP contribution in [0.5, 0.6) is 0 Å². The lowest BCUT2D eigenvalue weighted by molar-refractivity contribution is 0.440. The topological polar surface area (TPSA) is 63.8 Å². The van der Waals surface area contributed by atoms with E-state index < -0.39 is 0 Å². The average Bonchev–Trinajstić information content (AvgIpc) is 3.16. The Labute approximate surface area is 122 Å². The van der Waals surface area contributed by atoms with Crippen molar-refractivity contribution in [2.45, 2.75) is 31.7 Å². The number of nitrogens with one attached hydrogen (secondary N) is 1.